The first-order chi connectivity index (χ1) is 10.8. The molecule has 5 heteroatoms. The van der Waals surface area contributed by atoms with Gasteiger partial charge in [-0.25, -0.2) is 0 Å². The molecule has 1 heterocycles. The van der Waals surface area contributed by atoms with E-state index in [-0.39, 0.29) is 5.91 Å². The zero-order valence-electron chi connectivity index (χ0n) is 13.1. The van der Waals surface area contributed by atoms with Gasteiger partial charge in [0.15, 0.2) is 0 Å². The molecular weight excluding hydrogens is 280 g/mol. The standard InChI is InChI=1S/C17H24N2O3/c1-21-11-12-22-10-4-9-18-17(20)8-7-14-13-19-16-6-3-2-5-15(14)16/h2-3,5-6,13,19H,4,7-12H2,1H3,(H,18,20). The summed E-state index contributed by atoms with van der Waals surface area (Å²) in [6, 6.07) is 8.15. The zero-order chi connectivity index (χ0) is 15.6. The molecule has 0 unspecified atom stereocenters. The number of benzene rings is 1. The van der Waals surface area contributed by atoms with E-state index in [1.165, 1.54) is 10.9 Å². The number of aromatic nitrogens is 1. The van der Waals surface area contributed by atoms with E-state index in [1.807, 2.05) is 24.4 Å². The predicted octanol–water partition coefficient (Wildman–Crippen LogP) is 2.27. The summed E-state index contributed by atoms with van der Waals surface area (Å²) in [6.45, 7) is 2.51. The van der Waals surface area contributed by atoms with Crippen molar-refractivity contribution in [3.8, 4) is 0 Å². The van der Waals surface area contributed by atoms with Crippen LogP contribution in [0.5, 0.6) is 0 Å². The zero-order valence-corrected chi connectivity index (χ0v) is 13.1. The molecule has 0 aliphatic rings. The third kappa shape index (κ3) is 5.16. The molecule has 0 atom stereocenters. The van der Waals surface area contributed by atoms with Gasteiger partial charge in [-0.05, 0) is 24.5 Å². The Balaban J connectivity index is 1.62. The highest BCUT2D eigenvalue weighted by Gasteiger charge is 2.06. The van der Waals surface area contributed by atoms with Crippen LogP contribution in [0, 0.1) is 0 Å². The Labute approximate surface area is 131 Å². The summed E-state index contributed by atoms with van der Waals surface area (Å²) < 4.78 is 10.2. The maximum absolute atomic E-state index is 11.8. The van der Waals surface area contributed by atoms with Gasteiger partial charge in [0.05, 0.1) is 13.2 Å². The summed E-state index contributed by atoms with van der Waals surface area (Å²) in [6.07, 6.45) is 4.07. The Bertz CT molecular complexity index is 580. The van der Waals surface area contributed by atoms with Crippen molar-refractivity contribution in [2.45, 2.75) is 19.3 Å². The van der Waals surface area contributed by atoms with Crippen LogP contribution in [0.15, 0.2) is 30.5 Å². The van der Waals surface area contributed by atoms with Gasteiger partial charge in [0.1, 0.15) is 0 Å². The average molecular weight is 304 g/mol. The van der Waals surface area contributed by atoms with Gasteiger partial charge in [0.2, 0.25) is 5.91 Å². The van der Waals surface area contributed by atoms with E-state index in [9.17, 15) is 4.79 Å². The number of carbonyl (C=O) groups is 1. The molecular formula is C17H24N2O3. The van der Waals surface area contributed by atoms with E-state index < -0.39 is 0 Å². The highest BCUT2D eigenvalue weighted by molar-refractivity contribution is 5.84. The number of ether oxygens (including phenoxy) is 2. The number of fused-ring (bicyclic) bond motifs is 1. The molecule has 5 nitrogen and oxygen atoms in total. The molecule has 0 spiro atoms. The third-order valence-electron chi connectivity index (χ3n) is 3.52. The number of carbonyl (C=O) groups excluding carboxylic acids is 1. The molecule has 0 saturated heterocycles. The molecule has 120 valence electrons. The van der Waals surface area contributed by atoms with Gasteiger partial charge in [-0.1, -0.05) is 18.2 Å². The highest BCUT2D eigenvalue weighted by Crippen LogP contribution is 2.18. The number of para-hydroxylation sites is 1. The monoisotopic (exact) mass is 304 g/mol. The van der Waals surface area contributed by atoms with Crippen LogP contribution < -0.4 is 5.32 Å². The van der Waals surface area contributed by atoms with Crippen LogP contribution in [0.1, 0.15) is 18.4 Å². The first-order valence-corrected chi connectivity index (χ1v) is 7.69. The summed E-state index contributed by atoms with van der Waals surface area (Å²) in [7, 11) is 1.65. The van der Waals surface area contributed by atoms with Gasteiger partial charge in [-0.15, -0.1) is 0 Å². The minimum Gasteiger partial charge on any atom is -0.382 e. The summed E-state index contributed by atoms with van der Waals surface area (Å²) >= 11 is 0. The second kappa shape index (κ2) is 9.23. The predicted molar refractivity (Wildman–Crippen MR) is 86.9 cm³/mol. The van der Waals surface area contributed by atoms with Crippen molar-refractivity contribution in [1.29, 1.82) is 0 Å². The highest BCUT2D eigenvalue weighted by atomic mass is 16.5. The molecule has 2 aromatic rings. The molecule has 22 heavy (non-hydrogen) atoms. The number of nitrogens with one attached hydrogen (secondary N) is 2. The van der Waals surface area contributed by atoms with E-state index in [0.29, 0.717) is 32.8 Å². The van der Waals surface area contributed by atoms with Crippen LogP contribution in [0.25, 0.3) is 10.9 Å². The molecule has 0 aliphatic heterocycles. The van der Waals surface area contributed by atoms with Gasteiger partial charge >= 0.3 is 0 Å². The van der Waals surface area contributed by atoms with E-state index >= 15 is 0 Å². The topological polar surface area (TPSA) is 63.4 Å². The Morgan fingerprint density at radius 1 is 1.23 bits per heavy atom. The smallest absolute Gasteiger partial charge is 0.220 e. The van der Waals surface area contributed by atoms with Crippen LogP contribution >= 0.6 is 0 Å². The minimum atomic E-state index is 0.0853. The summed E-state index contributed by atoms with van der Waals surface area (Å²) in [5, 5.41) is 4.12. The minimum absolute atomic E-state index is 0.0853. The summed E-state index contributed by atoms with van der Waals surface area (Å²) in [5.41, 5.74) is 2.31. The van der Waals surface area contributed by atoms with E-state index in [0.717, 1.165) is 18.4 Å². The van der Waals surface area contributed by atoms with Crippen LogP contribution in [0.4, 0.5) is 0 Å². The van der Waals surface area contributed by atoms with Crippen molar-refractivity contribution in [1.82, 2.24) is 10.3 Å². The Morgan fingerprint density at radius 2 is 2.09 bits per heavy atom. The normalized spacial score (nSPS) is 11.0. The Kier molecular flexibility index (Phi) is 6.93. The average Bonchev–Trinajstić information content (AvgIpc) is 2.95. The molecule has 2 rings (SSSR count). The number of rotatable bonds is 10. The molecule has 0 saturated carbocycles. The van der Waals surface area contributed by atoms with Crippen molar-refractivity contribution in [3.63, 3.8) is 0 Å². The SMILES string of the molecule is COCCOCCCNC(=O)CCc1c[nH]c2ccccc12. The fraction of sp³-hybridized carbons (Fsp3) is 0.471. The number of amides is 1. The molecule has 1 aromatic carbocycles. The van der Waals surface area contributed by atoms with Gasteiger partial charge < -0.3 is 19.8 Å². The number of hydrogen-bond donors (Lipinski definition) is 2. The number of aromatic amines is 1. The third-order valence-corrected chi connectivity index (χ3v) is 3.52. The van der Waals surface area contributed by atoms with Crippen molar-refractivity contribution < 1.29 is 14.3 Å². The Hall–Kier alpha value is -1.85. The number of methoxy groups -OCH3 is 1. The van der Waals surface area contributed by atoms with Crippen LogP contribution in [-0.4, -0.2) is 44.4 Å². The van der Waals surface area contributed by atoms with Crippen molar-refractivity contribution >= 4 is 16.8 Å². The molecule has 1 aromatic heterocycles. The lowest BCUT2D eigenvalue weighted by molar-refractivity contribution is -0.121. The van der Waals surface area contributed by atoms with Crippen LogP contribution in [0.2, 0.25) is 0 Å². The fourth-order valence-electron chi connectivity index (χ4n) is 2.32. The van der Waals surface area contributed by atoms with Crippen molar-refractivity contribution in [2.24, 2.45) is 0 Å². The van der Waals surface area contributed by atoms with Crippen LogP contribution in [0.3, 0.4) is 0 Å². The Morgan fingerprint density at radius 3 is 2.95 bits per heavy atom. The van der Waals surface area contributed by atoms with E-state index in [4.69, 9.17) is 9.47 Å². The van der Waals surface area contributed by atoms with Crippen molar-refractivity contribution in [2.75, 3.05) is 33.5 Å². The molecule has 1 amide bonds. The van der Waals surface area contributed by atoms with Gasteiger partial charge in [0, 0.05) is 43.8 Å². The number of aryl methyl sites for hydroxylation is 1. The lowest BCUT2D eigenvalue weighted by Crippen LogP contribution is -2.25. The largest absolute Gasteiger partial charge is 0.382 e. The molecule has 0 fully saturated rings. The first kappa shape index (κ1) is 16.5. The fourth-order valence-corrected chi connectivity index (χ4v) is 2.32. The molecule has 2 N–H and O–H groups in total. The summed E-state index contributed by atoms with van der Waals surface area (Å²) in [4.78, 5) is 15.1. The number of H-pyrrole nitrogens is 1. The molecule has 0 aliphatic carbocycles. The van der Waals surface area contributed by atoms with E-state index in [2.05, 4.69) is 16.4 Å². The molecule has 0 bridgehead atoms. The van der Waals surface area contributed by atoms with Crippen molar-refractivity contribution in [3.05, 3.63) is 36.0 Å². The maximum Gasteiger partial charge on any atom is 0.220 e. The number of hydrogen-bond acceptors (Lipinski definition) is 3. The second-order valence-electron chi connectivity index (χ2n) is 5.17. The first-order valence-electron chi connectivity index (χ1n) is 7.69. The quantitative estimate of drug-likeness (QED) is 0.662. The van der Waals surface area contributed by atoms with Gasteiger partial charge in [0.25, 0.3) is 0 Å². The molecule has 0 radical (unpaired) electrons. The van der Waals surface area contributed by atoms with Gasteiger partial charge in [-0.2, -0.15) is 0 Å². The van der Waals surface area contributed by atoms with E-state index in [1.54, 1.807) is 7.11 Å². The lowest BCUT2D eigenvalue weighted by atomic mass is 10.1. The maximum atomic E-state index is 11.8. The summed E-state index contributed by atoms with van der Waals surface area (Å²) in [5.74, 6) is 0.0853. The van der Waals surface area contributed by atoms with Gasteiger partial charge in [-0.3, -0.25) is 4.79 Å². The van der Waals surface area contributed by atoms with Crippen LogP contribution in [-0.2, 0) is 20.7 Å². The lowest BCUT2D eigenvalue weighted by Gasteiger charge is -2.06. The second-order valence-corrected chi connectivity index (χ2v) is 5.17.